The summed E-state index contributed by atoms with van der Waals surface area (Å²) in [6, 6.07) is 0. The van der Waals surface area contributed by atoms with E-state index in [4.69, 9.17) is 0 Å². The van der Waals surface area contributed by atoms with Gasteiger partial charge in [-0.25, -0.2) is 0 Å². The first-order chi connectivity index (χ1) is 16.2. The summed E-state index contributed by atoms with van der Waals surface area (Å²) in [6.45, 7) is 10.4. The predicted molar refractivity (Wildman–Crippen MR) is 130 cm³/mol. The Bertz CT molecular complexity index is 947. The van der Waals surface area contributed by atoms with Gasteiger partial charge in [0.1, 0.15) is 12.1 Å². The number of aldehydes is 1. The van der Waals surface area contributed by atoms with Crippen molar-refractivity contribution in [2.45, 2.75) is 105 Å². The van der Waals surface area contributed by atoms with Crippen LogP contribution in [0.4, 0.5) is 0 Å². The van der Waals surface area contributed by atoms with Crippen LogP contribution in [0.1, 0.15) is 92.4 Å². The summed E-state index contributed by atoms with van der Waals surface area (Å²) in [6.07, 6.45) is 5.75. The van der Waals surface area contributed by atoms with E-state index in [-0.39, 0.29) is 51.6 Å². The number of carboxylic acids is 1. The van der Waals surface area contributed by atoms with Gasteiger partial charge >= 0.3 is 5.97 Å². The van der Waals surface area contributed by atoms with Gasteiger partial charge in [-0.1, -0.05) is 27.7 Å². The van der Waals surface area contributed by atoms with E-state index in [0.717, 1.165) is 32.0 Å². The summed E-state index contributed by atoms with van der Waals surface area (Å²) in [5.41, 5.74) is -2.40. The van der Waals surface area contributed by atoms with Crippen LogP contribution < -0.4 is 0 Å². The number of hydrogen-bond donors (Lipinski definition) is 3. The lowest BCUT2D eigenvalue weighted by Gasteiger charge is -2.73. The van der Waals surface area contributed by atoms with Crippen LogP contribution in [0.3, 0.4) is 0 Å². The molecule has 3 N–H and O–H groups in total. The number of fused-ring (bicyclic) bond motifs is 7. The first-order valence-corrected chi connectivity index (χ1v) is 13.8. The Kier molecular flexibility index (Phi) is 5.53. The van der Waals surface area contributed by atoms with Crippen molar-refractivity contribution >= 4 is 18.0 Å². The Labute approximate surface area is 209 Å². The molecule has 1 unspecified atom stereocenters. The molecule has 0 radical (unpaired) electrons. The van der Waals surface area contributed by atoms with Crippen molar-refractivity contribution in [1.29, 1.82) is 0 Å². The average molecular weight is 489 g/mol. The second-order valence-electron chi connectivity index (χ2n) is 14.1. The number of carbonyl (C=O) groups excluding carboxylic acids is 2. The second kappa shape index (κ2) is 7.63. The summed E-state index contributed by atoms with van der Waals surface area (Å²) < 4.78 is 0. The lowest BCUT2D eigenvalue weighted by molar-refractivity contribution is -0.274. The third-order valence-corrected chi connectivity index (χ3v) is 13.3. The molecule has 0 bridgehead atoms. The average Bonchev–Trinajstić information content (AvgIpc) is 3.19. The van der Waals surface area contributed by atoms with Gasteiger partial charge in [0.2, 0.25) is 0 Å². The van der Waals surface area contributed by atoms with Gasteiger partial charge in [0.05, 0.1) is 23.0 Å². The molecule has 0 amide bonds. The number of aliphatic hydroxyl groups is 2. The topological polar surface area (TPSA) is 112 Å². The SMILES string of the molecule is CC(=O)[C@@H]1CC[C@]2(C(=O)O)CC[C@]3(C)[C@H](C[C@@H](O)[C@@H]4[C@@]5(C)CC[C@@H](O)C(C)(C=O)[C@@H]5CC[C@]43C)[C@@H]12. The van der Waals surface area contributed by atoms with Gasteiger partial charge < -0.3 is 20.1 Å². The van der Waals surface area contributed by atoms with Gasteiger partial charge in [-0.3, -0.25) is 9.59 Å². The third kappa shape index (κ3) is 2.87. The summed E-state index contributed by atoms with van der Waals surface area (Å²) in [7, 11) is 0. The Morgan fingerprint density at radius 3 is 2.17 bits per heavy atom. The highest BCUT2D eigenvalue weighted by Crippen LogP contribution is 2.77. The van der Waals surface area contributed by atoms with Crippen LogP contribution in [0.25, 0.3) is 0 Å². The molecular formula is C29H44O6. The number of hydrogen-bond acceptors (Lipinski definition) is 5. The molecular weight excluding hydrogens is 444 g/mol. The number of Topliss-reactive ketones (excluding diaryl/α,β-unsaturated/α-hetero) is 1. The van der Waals surface area contributed by atoms with E-state index in [2.05, 4.69) is 20.8 Å². The van der Waals surface area contributed by atoms with Gasteiger partial charge in [-0.15, -0.1) is 0 Å². The smallest absolute Gasteiger partial charge is 0.309 e. The molecule has 5 rings (SSSR count). The van der Waals surface area contributed by atoms with Crippen LogP contribution in [0.5, 0.6) is 0 Å². The van der Waals surface area contributed by atoms with Crippen molar-refractivity contribution in [3.05, 3.63) is 0 Å². The first-order valence-electron chi connectivity index (χ1n) is 13.8. The van der Waals surface area contributed by atoms with E-state index in [1.165, 1.54) is 0 Å². The number of carbonyl (C=O) groups is 3. The van der Waals surface area contributed by atoms with E-state index in [1.54, 1.807) is 6.92 Å². The Morgan fingerprint density at radius 2 is 1.57 bits per heavy atom. The van der Waals surface area contributed by atoms with Gasteiger partial charge in [-0.05, 0) is 105 Å². The minimum absolute atomic E-state index is 0.00211. The molecule has 6 heteroatoms. The van der Waals surface area contributed by atoms with Gasteiger partial charge in [0, 0.05) is 5.92 Å². The van der Waals surface area contributed by atoms with E-state index < -0.39 is 29.0 Å². The summed E-state index contributed by atoms with van der Waals surface area (Å²) >= 11 is 0. The zero-order valence-electron chi connectivity index (χ0n) is 22.0. The van der Waals surface area contributed by atoms with Gasteiger partial charge in [0.25, 0.3) is 0 Å². The molecule has 5 aliphatic carbocycles. The molecule has 35 heavy (non-hydrogen) atoms. The molecule has 0 heterocycles. The highest BCUT2D eigenvalue weighted by molar-refractivity contribution is 5.83. The maximum Gasteiger partial charge on any atom is 0.309 e. The zero-order chi connectivity index (χ0) is 25.8. The zero-order valence-corrected chi connectivity index (χ0v) is 22.0. The van der Waals surface area contributed by atoms with Crippen molar-refractivity contribution in [2.24, 2.45) is 56.7 Å². The molecule has 0 spiro atoms. The fourth-order valence-electron chi connectivity index (χ4n) is 11.4. The normalized spacial score (nSPS) is 57.3. The van der Waals surface area contributed by atoms with Gasteiger partial charge in [0.15, 0.2) is 0 Å². The highest BCUT2D eigenvalue weighted by atomic mass is 16.4. The minimum Gasteiger partial charge on any atom is -0.481 e. The van der Waals surface area contributed by atoms with Crippen LogP contribution in [0, 0.1) is 56.7 Å². The maximum atomic E-state index is 12.8. The molecule has 196 valence electrons. The van der Waals surface area contributed by atoms with E-state index in [0.29, 0.717) is 32.1 Å². The molecule has 0 saturated heterocycles. The van der Waals surface area contributed by atoms with Crippen LogP contribution in [-0.2, 0) is 14.4 Å². The molecule has 0 aromatic heterocycles. The first kappa shape index (κ1) is 25.4. The van der Waals surface area contributed by atoms with Crippen molar-refractivity contribution in [1.82, 2.24) is 0 Å². The molecule has 5 fully saturated rings. The van der Waals surface area contributed by atoms with Crippen molar-refractivity contribution in [2.75, 3.05) is 0 Å². The third-order valence-electron chi connectivity index (χ3n) is 13.3. The lowest BCUT2D eigenvalue weighted by Crippen LogP contribution is -2.70. The van der Waals surface area contributed by atoms with E-state index in [1.807, 2.05) is 6.92 Å². The fourth-order valence-corrected chi connectivity index (χ4v) is 11.4. The molecule has 0 aliphatic heterocycles. The molecule has 0 aromatic rings. The Balaban J connectivity index is 1.61. The van der Waals surface area contributed by atoms with Crippen molar-refractivity contribution in [3.8, 4) is 0 Å². The Morgan fingerprint density at radius 1 is 0.886 bits per heavy atom. The number of aliphatic hydroxyl groups excluding tert-OH is 2. The van der Waals surface area contributed by atoms with Crippen LogP contribution in [-0.4, -0.2) is 45.6 Å². The van der Waals surface area contributed by atoms with Crippen LogP contribution >= 0.6 is 0 Å². The predicted octanol–water partition coefficient (Wildman–Crippen LogP) is 4.25. The number of aliphatic carboxylic acids is 1. The maximum absolute atomic E-state index is 12.8. The number of ketones is 1. The lowest BCUT2D eigenvalue weighted by atomic mass is 9.31. The molecule has 5 saturated carbocycles. The molecule has 5 aliphatic rings. The highest BCUT2D eigenvalue weighted by Gasteiger charge is 2.74. The summed E-state index contributed by atoms with van der Waals surface area (Å²) in [4.78, 5) is 37.8. The standard InChI is InChI=1S/C29H44O6/c1-16(31)17-6-11-29(24(34)35)13-12-27(4)18(22(17)29)14-19(32)23-25(2)9-8-21(33)26(3,15-30)20(25)7-10-28(23,27)5/h15,17-23,32-33H,6-14H2,1-5H3,(H,34,35)/t17-,18+,19+,20+,21+,22+,23+,25-,26?,27+,28+,29-/m0/s1. The quantitative estimate of drug-likeness (QED) is 0.512. The van der Waals surface area contributed by atoms with Crippen LogP contribution in [0.2, 0.25) is 0 Å². The second-order valence-corrected chi connectivity index (χ2v) is 14.1. The summed E-state index contributed by atoms with van der Waals surface area (Å²) in [5.74, 6) is -1.22. The Hall–Kier alpha value is -1.27. The van der Waals surface area contributed by atoms with Crippen molar-refractivity contribution < 1.29 is 29.7 Å². The number of rotatable bonds is 3. The molecule has 12 atom stereocenters. The molecule has 0 aromatic carbocycles. The molecule has 6 nitrogen and oxygen atoms in total. The largest absolute Gasteiger partial charge is 0.481 e. The monoisotopic (exact) mass is 488 g/mol. The van der Waals surface area contributed by atoms with E-state index in [9.17, 15) is 29.7 Å². The number of carboxylic acid groups (broad SMARTS) is 1. The van der Waals surface area contributed by atoms with Crippen LogP contribution in [0.15, 0.2) is 0 Å². The van der Waals surface area contributed by atoms with Gasteiger partial charge in [-0.2, -0.15) is 0 Å². The summed E-state index contributed by atoms with van der Waals surface area (Å²) in [5, 5.41) is 33.2. The van der Waals surface area contributed by atoms with Crippen molar-refractivity contribution in [3.63, 3.8) is 0 Å². The van der Waals surface area contributed by atoms with E-state index >= 15 is 0 Å². The minimum atomic E-state index is -0.866. The fraction of sp³-hybridized carbons (Fsp3) is 0.897.